The first-order valence-electron chi connectivity index (χ1n) is 8.49. The van der Waals surface area contributed by atoms with Crippen molar-refractivity contribution in [3.63, 3.8) is 0 Å². The number of hydrogen-bond acceptors (Lipinski definition) is 3. The first-order valence-corrected chi connectivity index (χ1v) is 8.49. The van der Waals surface area contributed by atoms with E-state index in [0.29, 0.717) is 13.2 Å². The zero-order valence-corrected chi connectivity index (χ0v) is 13.4. The molecule has 120 valence electrons. The van der Waals surface area contributed by atoms with E-state index in [1.54, 1.807) is 0 Å². The molecule has 0 spiro atoms. The fraction of sp³-hybridized carbons (Fsp3) is 0.611. The lowest BCUT2D eigenvalue weighted by Crippen LogP contribution is -2.41. The number of benzene rings is 1. The third-order valence-corrected chi connectivity index (χ3v) is 4.41. The minimum absolute atomic E-state index is 0.0850. The van der Waals surface area contributed by atoms with Crippen LogP contribution in [0.4, 0.5) is 0 Å². The van der Waals surface area contributed by atoms with Crippen LogP contribution in [0.15, 0.2) is 24.3 Å². The van der Waals surface area contributed by atoms with E-state index in [4.69, 9.17) is 4.74 Å². The van der Waals surface area contributed by atoms with Crippen molar-refractivity contribution in [3.8, 4) is 5.75 Å². The molecule has 1 aliphatic heterocycles. The Morgan fingerprint density at radius 2 is 2.14 bits per heavy atom. The van der Waals surface area contributed by atoms with Gasteiger partial charge in [-0.15, -0.1) is 0 Å². The molecule has 1 aliphatic carbocycles. The van der Waals surface area contributed by atoms with Crippen LogP contribution in [0.1, 0.15) is 44.2 Å². The normalized spacial score (nSPS) is 20.4. The zero-order chi connectivity index (χ0) is 15.4. The molecule has 1 atom stereocenters. The Morgan fingerprint density at radius 3 is 2.91 bits per heavy atom. The quantitative estimate of drug-likeness (QED) is 0.842. The summed E-state index contributed by atoms with van der Waals surface area (Å²) in [6.07, 6.45) is 4.60. The largest absolute Gasteiger partial charge is 0.493 e. The van der Waals surface area contributed by atoms with Crippen LogP contribution in [0.25, 0.3) is 0 Å². The lowest BCUT2D eigenvalue weighted by Gasteiger charge is -2.28. The van der Waals surface area contributed by atoms with Gasteiger partial charge in [0.05, 0.1) is 19.2 Å². The maximum absolute atomic E-state index is 12.4. The fourth-order valence-electron chi connectivity index (χ4n) is 3.15. The number of carbonyl (C=O) groups excluding carboxylic acids is 1. The van der Waals surface area contributed by atoms with E-state index >= 15 is 0 Å². The van der Waals surface area contributed by atoms with Crippen LogP contribution in [-0.4, -0.2) is 37.0 Å². The highest BCUT2D eigenvalue weighted by atomic mass is 16.5. The minimum Gasteiger partial charge on any atom is -0.493 e. The van der Waals surface area contributed by atoms with Gasteiger partial charge in [-0.25, -0.2) is 0 Å². The number of rotatable bonds is 7. The average Bonchev–Trinajstić information content (AvgIpc) is 3.32. The van der Waals surface area contributed by atoms with E-state index < -0.39 is 0 Å². The average molecular weight is 302 g/mol. The lowest BCUT2D eigenvalue weighted by atomic mass is 10.0. The highest BCUT2D eigenvalue weighted by Gasteiger charge is 2.26. The maximum Gasteiger partial charge on any atom is 0.234 e. The molecule has 4 heteroatoms. The topological polar surface area (TPSA) is 41.6 Å². The van der Waals surface area contributed by atoms with Gasteiger partial charge in [0.25, 0.3) is 0 Å². The smallest absolute Gasteiger partial charge is 0.234 e. The van der Waals surface area contributed by atoms with Crippen LogP contribution in [0.5, 0.6) is 5.75 Å². The van der Waals surface area contributed by atoms with Gasteiger partial charge in [0.1, 0.15) is 5.75 Å². The number of hydrogen-bond donors (Lipinski definition) is 1. The van der Waals surface area contributed by atoms with Crippen molar-refractivity contribution in [3.05, 3.63) is 29.8 Å². The molecule has 0 aromatic heterocycles. The van der Waals surface area contributed by atoms with Crippen molar-refractivity contribution in [2.24, 2.45) is 5.92 Å². The molecule has 1 heterocycles. The Labute approximate surface area is 132 Å². The van der Waals surface area contributed by atoms with Gasteiger partial charge in [-0.05, 0) is 37.8 Å². The van der Waals surface area contributed by atoms with E-state index in [0.717, 1.165) is 43.2 Å². The van der Waals surface area contributed by atoms with Crippen LogP contribution >= 0.6 is 0 Å². The van der Waals surface area contributed by atoms with E-state index in [9.17, 15) is 4.79 Å². The van der Waals surface area contributed by atoms with E-state index in [1.807, 2.05) is 24.3 Å². The summed E-state index contributed by atoms with van der Waals surface area (Å²) in [5.41, 5.74) is 1.10. The number of para-hydroxylation sites is 1. The van der Waals surface area contributed by atoms with Gasteiger partial charge >= 0.3 is 0 Å². The molecule has 2 aliphatic rings. The molecule has 22 heavy (non-hydrogen) atoms. The Balaban J connectivity index is 1.57. The molecular weight excluding hydrogens is 276 g/mol. The van der Waals surface area contributed by atoms with Crippen LogP contribution in [0, 0.1) is 5.92 Å². The molecule has 1 saturated carbocycles. The van der Waals surface area contributed by atoms with Crippen molar-refractivity contribution in [2.75, 3.05) is 26.2 Å². The van der Waals surface area contributed by atoms with Crippen LogP contribution < -0.4 is 10.1 Å². The summed E-state index contributed by atoms with van der Waals surface area (Å²) in [4.78, 5) is 14.7. The van der Waals surface area contributed by atoms with E-state index in [1.165, 1.54) is 12.8 Å². The van der Waals surface area contributed by atoms with E-state index in [-0.39, 0.29) is 11.9 Å². The second kappa shape index (κ2) is 7.14. The van der Waals surface area contributed by atoms with Gasteiger partial charge < -0.3 is 10.1 Å². The molecule has 3 rings (SSSR count). The van der Waals surface area contributed by atoms with Gasteiger partial charge in [-0.2, -0.15) is 0 Å². The van der Waals surface area contributed by atoms with E-state index in [2.05, 4.69) is 17.1 Å². The summed E-state index contributed by atoms with van der Waals surface area (Å²) in [5, 5.41) is 3.20. The second-order valence-corrected chi connectivity index (χ2v) is 6.47. The predicted octanol–water partition coefficient (Wildman–Crippen LogP) is 2.75. The summed E-state index contributed by atoms with van der Waals surface area (Å²) in [6, 6.07) is 8.09. The lowest BCUT2D eigenvalue weighted by molar-refractivity contribution is -0.123. The van der Waals surface area contributed by atoms with Crippen molar-refractivity contribution in [2.45, 2.75) is 38.6 Å². The molecule has 1 aromatic carbocycles. The monoisotopic (exact) mass is 302 g/mol. The Hall–Kier alpha value is -1.55. The number of nitrogens with zero attached hydrogens (tertiary/aromatic N) is 1. The predicted molar refractivity (Wildman–Crippen MR) is 86.9 cm³/mol. The highest BCUT2D eigenvalue weighted by Crippen LogP contribution is 2.32. The Morgan fingerprint density at radius 1 is 1.32 bits per heavy atom. The summed E-state index contributed by atoms with van der Waals surface area (Å²) in [7, 11) is 0. The number of ether oxygens (including phenoxy) is 1. The van der Waals surface area contributed by atoms with Crippen molar-refractivity contribution >= 4 is 5.91 Å². The first kappa shape index (κ1) is 15.3. The summed E-state index contributed by atoms with van der Waals surface area (Å²) in [6.45, 7) is 5.44. The van der Waals surface area contributed by atoms with Gasteiger partial charge in [-0.3, -0.25) is 9.69 Å². The number of fused-ring (bicyclic) bond motifs is 1. The molecule has 1 amide bonds. The first-order chi connectivity index (χ1) is 10.8. The van der Waals surface area contributed by atoms with Gasteiger partial charge in [0.2, 0.25) is 5.91 Å². The molecule has 0 saturated heterocycles. The minimum atomic E-state index is 0.0850. The van der Waals surface area contributed by atoms with Crippen LogP contribution in [-0.2, 0) is 4.79 Å². The Bertz CT molecular complexity index is 514. The molecule has 4 nitrogen and oxygen atoms in total. The molecule has 1 aromatic rings. The second-order valence-electron chi connectivity index (χ2n) is 6.47. The number of carbonyl (C=O) groups is 1. The maximum atomic E-state index is 12.4. The highest BCUT2D eigenvalue weighted by molar-refractivity contribution is 5.78. The zero-order valence-electron chi connectivity index (χ0n) is 13.4. The summed E-state index contributed by atoms with van der Waals surface area (Å²) in [5.74, 6) is 1.86. The fourth-order valence-corrected chi connectivity index (χ4v) is 3.15. The number of amides is 1. The molecule has 1 N–H and O–H groups in total. The van der Waals surface area contributed by atoms with Crippen LogP contribution in [0.3, 0.4) is 0 Å². The van der Waals surface area contributed by atoms with Crippen LogP contribution in [0.2, 0.25) is 0 Å². The van der Waals surface area contributed by atoms with Gasteiger partial charge in [-0.1, -0.05) is 25.1 Å². The SMILES string of the molecule is CCCN(CC(=O)NC1CCOc2ccccc21)CC1CC1. The van der Waals surface area contributed by atoms with Crippen molar-refractivity contribution < 1.29 is 9.53 Å². The van der Waals surface area contributed by atoms with Gasteiger partial charge in [0.15, 0.2) is 0 Å². The standard InChI is InChI=1S/C18H26N2O2/c1-2-10-20(12-14-7-8-14)13-18(21)19-16-9-11-22-17-6-4-3-5-15(16)17/h3-6,14,16H,2,7-13H2,1H3,(H,19,21). The summed E-state index contributed by atoms with van der Waals surface area (Å²) >= 11 is 0. The Kier molecular flexibility index (Phi) is 4.98. The number of nitrogens with one attached hydrogen (secondary N) is 1. The van der Waals surface area contributed by atoms with Crippen molar-refractivity contribution in [1.82, 2.24) is 10.2 Å². The molecule has 0 radical (unpaired) electrons. The third-order valence-electron chi connectivity index (χ3n) is 4.41. The van der Waals surface area contributed by atoms with Crippen molar-refractivity contribution in [1.29, 1.82) is 0 Å². The molecular formula is C18H26N2O2. The van der Waals surface area contributed by atoms with Gasteiger partial charge in [0, 0.05) is 18.5 Å². The molecule has 0 bridgehead atoms. The summed E-state index contributed by atoms with van der Waals surface area (Å²) < 4.78 is 5.65. The molecule has 1 fully saturated rings. The molecule has 1 unspecified atom stereocenters. The third kappa shape index (κ3) is 4.01.